The summed E-state index contributed by atoms with van der Waals surface area (Å²) in [6.07, 6.45) is 5.66. The fraction of sp³-hybridized carbons (Fsp3) is 0.929. The van der Waals surface area contributed by atoms with Crippen molar-refractivity contribution >= 4 is 6.03 Å². The number of hydrogen-bond acceptors (Lipinski definition) is 3. The van der Waals surface area contributed by atoms with E-state index in [-0.39, 0.29) is 18.2 Å². The molecule has 5 heteroatoms. The van der Waals surface area contributed by atoms with Gasteiger partial charge in [0.05, 0.1) is 6.10 Å². The molecule has 1 unspecified atom stereocenters. The molecule has 1 atom stereocenters. The van der Waals surface area contributed by atoms with Gasteiger partial charge < -0.3 is 20.6 Å². The van der Waals surface area contributed by atoms with Gasteiger partial charge in [0, 0.05) is 19.1 Å². The maximum atomic E-state index is 11.8. The summed E-state index contributed by atoms with van der Waals surface area (Å²) >= 11 is 0. The molecule has 1 saturated heterocycles. The molecular weight excluding hydrogens is 242 g/mol. The zero-order valence-electron chi connectivity index (χ0n) is 11.9. The van der Waals surface area contributed by atoms with Crippen LogP contribution >= 0.6 is 0 Å². The number of nitrogens with zero attached hydrogens (tertiary/aromatic N) is 1. The van der Waals surface area contributed by atoms with E-state index in [1.54, 1.807) is 0 Å². The summed E-state index contributed by atoms with van der Waals surface area (Å²) in [6.45, 7) is 3.02. The summed E-state index contributed by atoms with van der Waals surface area (Å²) in [6, 6.07) is 0.187. The molecule has 1 saturated carbocycles. The molecule has 0 aromatic rings. The molecule has 3 N–H and O–H groups in total. The van der Waals surface area contributed by atoms with Crippen LogP contribution in [0.3, 0.4) is 0 Å². The lowest BCUT2D eigenvalue weighted by Crippen LogP contribution is -2.47. The monoisotopic (exact) mass is 269 g/mol. The van der Waals surface area contributed by atoms with Crippen molar-refractivity contribution in [2.24, 2.45) is 5.92 Å². The Kier molecular flexibility index (Phi) is 5.45. The SMILES string of the molecule is CN1CCCC(CNC(=O)NC2CCC(O)CC2)C1. The molecule has 2 aliphatic rings. The van der Waals surface area contributed by atoms with Gasteiger partial charge in [0.25, 0.3) is 0 Å². The Bertz CT molecular complexity index is 290. The molecule has 0 aromatic carbocycles. The number of rotatable bonds is 3. The average Bonchev–Trinajstić information content (AvgIpc) is 2.39. The van der Waals surface area contributed by atoms with Gasteiger partial charge in [0.15, 0.2) is 0 Å². The largest absolute Gasteiger partial charge is 0.393 e. The minimum atomic E-state index is -0.168. The topological polar surface area (TPSA) is 64.6 Å². The Balaban J connectivity index is 1.61. The molecule has 5 nitrogen and oxygen atoms in total. The first kappa shape index (κ1) is 14.6. The fourth-order valence-electron chi connectivity index (χ4n) is 3.13. The third kappa shape index (κ3) is 4.99. The number of urea groups is 1. The van der Waals surface area contributed by atoms with E-state index in [0.29, 0.717) is 5.92 Å². The molecular formula is C14H27N3O2. The third-order valence-electron chi connectivity index (χ3n) is 4.31. The molecule has 1 aliphatic carbocycles. The standard InChI is InChI=1S/C14H27N3O2/c1-17-8-2-3-11(10-17)9-15-14(19)16-12-4-6-13(18)7-5-12/h11-13,18H,2-10H2,1H3,(H2,15,16,19). The van der Waals surface area contributed by atoms with Gasteiger partial charge in [-0.2, -0.15) is 0 Å². The second-order valence-electron chi connectivity index (χ2n) is 6.13. The van der Waals surface area contributed by atoms with E-state index in [2.05, 4.69) is 22.6 Å². The first-order valence-corrected chi connectivity index (χ1v) is 7.54. The van der Waals surface area contributed by atoms with E-state index in [0.717, 1.165) is 38.8 Å². The summed E-state index contributed by atoms with van der Waals surface area (Å²) in [4.78, 5) is 14.1. The highest BCUT2D eigenvalue weighted by Gasteiger charge is 2.21. The number of aliphatic hydroxyl groups excluding tert-OH is 1. The maximum absolute atomic E-state index is 11.8. The molecule has 1 aliphatic heterocycles. The van der Waals surface area contributed by atoms with Crippen LogP contribution < -0.4 is 10.6 Å². The van der Waals surface area contributed by atoms with Crippen molar-refractivity contribution in [1.82, 2.24) is 15.5 Å². The Morgan fingerprint density at radius 3 is 2.68 bits per heavy atom. The van der Waals surface area contributed by atoms with Gasteiger partial charge >= 0.3 is 6.03 Å². The summed E-state index contributed by atoms with van der Waals surface area (Å²) in [7, 11) is 2.14. The molecule has 110 valence electrons. The highest BCUT2D eigenvalue weighted by Crippen LogP contribution is 2.18. The summed E-state index contributed by atoms with van der Waals surface area (Å²) < 4.78 is 0. The van der Waals surface area contributed by atoms with Crippen LogP contribution in [0.25, 0.3) is 0 Å². The molecule has 1 heterocycles. The van der Waals surface area contributed by atoms with E-state index in [1.807, 2.05) is 0 Å². The normalized spacial score (nSPS) is 32.8. The summed E-state index contributed by atoms with van der Waals surface area (Å²) in [5.74, 6) is 0.581. The van der Waals surface area contributed by atoms with Gasteiger partial charge in [-0.1, -0.05) is 0 Å². The predicted molar refractivity (Wildman–Crippen MR) is 75.0 cm³/mol. The molecule has 19 heavy (non-hydrogen) atoms. The highest BCUT2D eigenvalue weighted by atomic mass is 16.3. The number of nitrogens with one attached hydrogen (secondary N) is 2. The van der Waals surface area contributed by atoms with E-state index in [9.17, 15) is 9.90 Å². The fourth-order valence-corrected chi connectivity index (χ4v) is 3.13. The van der Waals surface area contributed by atoms with Crippen molar-refractivity contribution in [2.45, 2.75) is 50.7 Å². The van der Waals surface area contributed by atoms with Crippen LogP contribution in [0.4, 0.5) is 4.79 Å². The molecule has 2 amide bonds. The molecule has 0 aromatic heterocycles. The second-order valence-corrected chi connectivity index (χ2v) is 6.13. The van der Waals surface area contributed by atoms with Crippen LogP contribution in [-0.4, -0.2) is 54.9 Å². The number of piperidine rings is 1. The Labute approximate surface area is 115 Å². The van der Waals surface area contributed by atoms with Crippen molar-refractivity contribution < 1.29 is 9.90 Å². The van der Waals surface area contributed by atoms with Gasteiger partial charge in [0.2, 0.25) is 0 Å². The molecule has 0 radical (unpaired) electrons. The van der Waals surface area contributed by atoms with Crippen molar-refractivity contribution in [3.8, 4) is 0 Å². The maximum Gasteiger partial charge on any atom is 0.315 e. The number of aliphatic hydroxyl groups is 1. The van der Waals surface area contributed by atoms with Crippen LogP contribution in [0.1, 0.15) is 38.5 Å². The molecule has 0 spiro atoms. The highest BCUT2D eigenvalue weighted by molar-refractivity contribution is 5.74. The number of carbonyl (C=O) groups is 1. The lowest BCUT2D eigenvalue weighted by Gasteiger charge is -2.30. The van der Waals surface area contributed by atoms with Crippen LogP contribution in [0.5, 0.6) is 0 Å². The molecule has 0 bridgehead atoms. The quantitative estimate of drug-likeness (QED) is 0.714. The minimum absolute atomic E-state index is 0.0467. The summed E-state index contributed by atoms with van der Waals surface area (Å²) in [5.41, 5.74) is 0. The van der Waals surface area contributed by atoms with E-state index >= 15 is 0 Å². The van der Waals surface area contributed by atoms with Crippen molar-refractivity contribution in [1.29, 1.82) is 0 Å². The van der Waals surface area contributed by atoms with Gasteiger partial charge in [-0.3, -0.25) is 0 Å². The van der Waals surface area contributed by atoms with Crippen molar-refractivity contribution in [3.63, 3.8) is 0 Å². The van der Waals surface area contributed by atoms with Crippen LogP contribution in [-0.2, 0) is 0 Å². The lowest BCUT2D eigenvalue weighted by atomic mass is 9.93. The van der Waals surface area contributed by atoms with Gasteiger partial charge in [-0.25, -0.2) is 4.79 Å². The smallest absolute Gasteiger partial charge is 0.315 e. The van der Waals surface area contributed by atoms with E-state index in [1.165, 1.54) is 19.4 Å². The Morgan fingerprint density at radius 1 is 1.26 bits per heavy atom. The van der Waals surface area contributed by atoms with Gasteiger partial charge in [-0.15, -0.1) is 0 Å². The Hall–Kier alpha value is -0.810. The average molecular weight is 269 g/mol. The lowest BCUT2D eigenvalue weighted by molar-refractivity contribution is 0.117. The van der Waals surface area contributed by atoms with Crippen molar-refractivity contribution in [2.75, 3.05) is 26.7 Å². The van der Waals surface area contributed by atoms with Crippen LogP contribution in [0.2, 0.25) is 0 Å². The second kappa shape index (κ2) is 7.10. The van der Waals surface area contributed by atoms with E-state index < -0.39 is 0 Å². The number of likely N-dealkylation sites (tertiary alicyclic amines) is 1. The number of hydrogen-bond donors (Lipinski definition) is 3. The first-order chi connectivity index (χ1) is 9.13. The number of carbonyl (C=O) groups excluding carboxylic acids is 1. The predicted octanol–water partition coefficient (Wildman–Crippen LogP) is 0.931. The van der Waals surface area contributed by atoms with Gasteiger partial charge in [0.1, 0.15) is 0 Å². The molecule has 2 rings (SSSR count). The number of amides is 2. The van der Waals surface area contributed by atoms with Gasteiger partial charge in [-0.05, 0) is 58.0 Å². The first-order valence-electron chi connectivity index (χ1n) is 7.54. The third-order valence-corrected chi connectivity index (χ3v) is 4.31. The zero-order valence-corrected chi connectivity index (χ0v) is 11.9. The Morgan fingerprint density at radius 2 is 2.00 bits per heavy atom. The summed E-state index contributed by atoms with van der Waals surface area (Å²) in [5, 5.41) is 15.4. The van der Waals surface area contributed by atoms with Crippen LogP contribution in [0, 0.1) is 5.92 Å². The molecule has 2 fully saturated rings. The minimum Gasteiger partial charge on any atom is -0.393 e. The zero-order chi connectivity index (χ0) is 13.7. The van der Waals surface area contributed by atoms with Crippen molar-refractivity contribution in [3.05, 3.63) is 0 Å². The van der Waals surface area contributed by atoms with Crippen LogP contribution in [0.15, 0.2) is 0 Å². The van der Waals surface area contributed by atoms with E-state index in [4.69, 9.17) is 0 Å².